The molecule has 2 rings (SSSR count). The summed E-state index contributed by atoms with van der Waals surface area (Å²) in [6.07, 6.45) is 1.68. The molecule has 0 atom stereocenters. The first-order valence-corrected chi connectivity index (χ1v) is 3.67. The molecule has 55 valence electrons. The lowest BCUT2D eigenvalue weighted by atomic mass is 10.3. The van der Waals surface area contributed by atoms with Crippen molar-refractivity contribution in [1.29, 1.82) is 0 Å². The van der Waals surface area contributed by atoms with Crippen molar-refractivity contribution in [3.8, 4) is 0 Å². The van der Waals surface area contributed by atoms with Crippen LogP contribution in [0.3, 0.4) is 0 Å². The molecule has 1 N–H and O–H groups in total. The maximum atomic E-state index is 5.81. The minimum atomic E-state index is 0.506. The van der Waals surface area contributed by atoms with Crippen LogP contribution in [0.1, 0.15) is 5.69 Å². The summed E-state index contributed by atoms with van der Waals surface area (Å²) in [6.45, 7) is 1.94. The molecule has 2 heterocycles. The molecular formula is C8H6ClN2. The molecule has 2 aromatic rings. The standard InChI is InChI=1S/C8H6ClN2/c1-5-4-6-2-3-10-8(9)7(6)11-5/h2-3,11H,1H3. The number of rotatable bonds is 0. The van der Waals surface area contributed by atoms with Crippen molar-refractivity contribution in [2.45, 2.75) is 6.92 Å². The third-order valence-corrected chi connectivity index (χ3v) is 1.83. The van der Waals surface area contributed by atoms with Crippen LogP contribution in [0.5, 0.6) is 0 Å². The third-order valence-electron chi connectivity index (χ3n) is 1.54. The van der Waals surface area contributed by atoms with Gasteiger partial charge in [0.25, 0.3) is 0 Å². The number of H-pyrrole nitrogens is 1. The van der Waals surface area contributed by atoms with Gasteiger partial charge in [-0.2, -0.15) is 0 Å². The predicted molar refractivity (Wildman–Crippen MR) is 44.7 cm³/mol. The van der Waals surface area contributed by atoms with Crippen molar-refractivity contribution >= 4 is 22.5 Å². The number of hydrogen-bond donors (Lipinski definition) is 1. The summed E-state index contributed by atoms with van der Waals surface area (Å²) in [5.41, 5.74) is 1.85. The van der Waals surface area contributed by atoms with Gasteiger partial charge in [0.2, 0.25) is 0 Å². The van der Waals surface area contributed by atoms with E-state index in [9.17, 15) is 0 Å². The number of hydrogen-bond acceptors (Lipinski definition) is 1. The number of nitrogens with zero attached hydrogens (tertiary/aromatic N) is 1. The molecule has 1 radical (unpaired) electrons. The first-order valence-electron chi connectivity index (χ1n) is 3.29. The Balaban J connectivity index is 2.90. The van der Waals surface area contributed by atoms with Gasteiger partial charge in [0, 0.05) is 23.3 Å². The van der Waals surface area contributed by atoms with Crippen molar-refractivity contribution < 1.29 is 0 Å². The Bertz CT molecular complexity index is 392. The van der Waals surface area contributed by atoms with Crippen molar-refractivity contribution in [1.82, 2.24) is 9.97 Å². The summed E-state index contributed by atoms with van der Waals surface area (Å²) in [4.78, 5) is 7.01. The van der Waals surface area contributed by atoms with Crippen molar-refractivity contribution in [3.05, 3.63) is 29.2 Å². The van der Waals surface area contributed by atoms with Gasteiger partial charge in [-0.15, -0.1) is 0 Å². The van der Waals surface area contributed by atoms with Crippen molar-refractivity contribution in [2.75, 3.05) is 0 Å². The molecule has 0 saturated carbocycles. The highest BCUT2D eigenvalue weighted by Crippen LogP contribution is 2.19. The monoisotopic (exact) mass is 165 g/mol. The average Bonchev–Trinajstić information content (AvgIpc) is 2.31. The number of nitrogens with one attached hydrogen (secondary N) is 1. The number of halogens is 1. The second kappa shape index (κ2) is 2.24. The largest absolute Gasteiger partial charge is 0.356 e. The SMILES string of the molecule is Cc1[c]c2ccnc(Cl)c2[nH]1. The molecular weight excluding hydrogens is 160 g/mol. The smallest absolute Gasteiger partial charge is 0.153 e. The minimum absolute atomic E-state index is 0.506. The fraction of sp³-hybridized carbons (Fsp3) is 0.125. The second-order valence-corrected chi connectivity index (χ2v) is 2.76. The molecule has 0 aliphatic heterocycles. The van der Waals surface area contributed by atoms with Gasteiger partial charge in [0.15, 0.2) is 5.15 Å². The van der Waals surface area contributed by atoms with Gasteiger partial charge in [0.1, 0.15) is 0 Å². The Labute approximate surface area is 69.2 Å². The van der Waals surface area contributed by atoms with Gasteiger partial charge in [-0.25, -0.2) is 4.98 Å². The lowest BCUT2D eigenvalue weighted by Crippen LogP contribution is -1.75. The lowest BCUT2D eigenvalue weighted by molar-refractivity contribution is 1.27. The summed E-state index contributed by atoms with van der Waals surface area (Å²) in [5, 5.41) is 1.49. The Kier molecular flexibility index (Phi) is 1.36. The van der Waals surface area contributed by atoms with Crippen LogP contribution in [-0.2, 0) is 0 Å². The predicted octanol–water partition coefficient (Wildman–Crippen LogP) is 2.32. The molecule has 2 nitrogen and oxygen atoms in total. The van der Waals surface area contributed by atoms with E-state index in [0.717, 1.165) is 16.6 Å². The number of fused-ring (bicyclic) bond motifs is 1. The summed E-state index contributed by atoms with van der Waals surface area (Å²) < 4.78 is 0. The Morgan fingerprint density at radius 3 is 3.18 bits per heavy atom. The minimum Gasteiger partial charge on any atom is -0.356 e. The number of pyridine rings is 1. The van der Waals surface area contributed by atoms with E-state index in [4.69, 9.17) is 11.6 Å². The molecule has 0 spiro atoms. The van der Waals surface area contributed by atoms with E-state index < -0.39 is 0 Å². The zero-order valence-corrected chi connectivity index (χ0v) is 6.74. The fourth-order valence-electron chi connectivity index (χ4n) is 1.08. The number of aromatic amines is 1. The summed E-state index contributed by atoms with van der Waals surface area (Å²) in [5.74, 6) is 0. The van der Waals surface area contributed by atoms with Gasteiger partial charge in [-0.1, -0.05) is 11.6 Å². The molecule has 0 aromatic carbocycles. The molecule has 0 amide bonds. The van der Waals surface area contributed by atoms with Crippen molar-refractivity contribution in [3.63, 3.8) is 0 Å². The van der Waals surface area contributed by atoms with Crippen LogP contribution in [0.25, 0.3) is 10.9 Å². The Hall–Kier alpha value is -1.02. The van der Waals surface area contributed by atoms with Crippen LogP contribution >= 0.6 is 11.6 Å². The highest BCUT2D eigenvalue weighted by Gasteiger charge is 2.01. The molecule has 0 bridgehead atoms. The van der Waals surface area contributed by atoms with Gasteiger partial charge >= 0.3 is 0 Å². The van der Waals surface area contributed by atoms with E-state index in [-0.39, 0.29) is 0 Å². The highest BCUT2D eigenvalue weighted by atomic mass is 35.5. The molecule has 0 saturated heterocycles. The second-order valence-electron chi connectivity index (χ2n) is 2.40. The zero-order chi connectivity index (χ0) is 7.84. The van der Waals surface area contributed by atoms with E-state index in [1.807, 2.05) is 13.0 Å². The quantitative estimate of drug-likeness (QED) is 0.597. The molecule has 0 aliphatic carbocycles. The van der Waals surface area contributed by atoms with Crippen LogP contribution in [-0.4, -0.2) is 9.97 Å². The zero-order valence-electron chi connectivity index (χ0n) is 5.98. The Morgan fingerprint density at radius 1 is 1.64 bits per heavy atom. The molecule has 11 heavy (non-hydrogen) atoms. The van der Waals surface area contributed by atoms with Gasteiger partial charge in [-0.05, 0) is 13.0 Å². The number of aromatic nitrogens is 2. The van der Waals surface area contributed by atoms with E-state index in [0.29, 0.717) is 5.15 Å². The van der Waals surface area contributed by atoms with E-state index in [2.05, 4.69) is 16.0 Å². The molecule has 0 aliphatic rings. The fourth-order valence-corrected chi connectivity index (χ4v) is 1.29. The molecule has 3 heteroatoms. The molecule has 2 aromatic heterocycles. The van der Waals surface area contributed by atoms with Crippen molar-refractivity contribution in [2.24, 2.45) is 0 Å². The Morgan fingerprint density at radius 2 is 2.45 bits per heavy atom. The summed E-state index contributed by atoms with van der Waals surface area (Å²) in [6, 6.07) is 5.00. The maximum absolute atomic E-state index is 5.81. The van der Waals surface area contributed by atoms with Gasteiger partial charge in [0.05, 0.1) is 5.52 Å². The number of aryl methyl sites for hydroxylation is 1. The third kappa shape index (κ3) is 0.994. The summed E-state index contributed by atoms with van der Waals surface area (Å²) >= 11 is 5.81. The molecule has 0 fully saturated rings. The van der Waals surface area contributed by atoms with Gasteiger partial charge < -0.3 is 4.98 Å². The van der Waals surface area contributed by atoms with Crippen LogP contribution in [0.15, 0.2) is 12.3 Å². The topological polar surface area (TPSA) is 28.7 Å². The maximum Gasteiger partial charge on any atom is 0.153 e. The summed E-state index contributed by atoms with van der Waals surface area (Å²) in [7, 11) is 0. The van der Waals surface area contributed by atoms with Crippen LogP contribution in [0.2, 0.25) is 5.15 Å². The van der Waals surface area contributed by atoms with E-state index in [1.165, 1.54) is 0 Å². The molecule has 0 unspecified atom stereocenters. The van der Waals surface area contributed by atoms with Gasteiger partial charge in [-0.3, -0.25) is 0 Å². The van der Waals surface area contributed by atoms with Crippen LogP contribution in [0, 0.1) is 13.0 Å². The average molecular weight is 166 g/mol. The van der Waals surface area contributed by atoms with E-state index >= 15 is 0 Å². The first kappa shape index (κ1) is 6.68. The first-order chi connectivity index (χ1) is 5.27. The lowest BCUT2D eigenvalue weighted by Gasteiger charge is -1.89. The highest BCUT2D eigenvalue weighted by molar-refractivity contribution is 6.33. The van der Waals surface area contributed by atoms with Crippen LogP contribution < -0.4 is 0 Å². The van der Waals surface area contributed by atoms with Crippen LogP contribution in [0.4, 0.5) is 0 Å². The normalized spacial score (nSPS) is 10.7. The van der Waals surface area contributed by atoms with E-state index in [1.54, 1.807) is 6.20 Å².